The topological polar surface area (TPSA) is 80.2 Å². The zero-order valence-electron chi connectivity index (χ0n) is 14.4. The lowest BCUT2D eigenvalue weighted by molar-refractivity contribution is 0.0366. The largest absolute Gasteiger partial charge is 0.368 e. The smallest absolute Gasteiger partial charge is 0.251 e. The number of amides is 1. The molecule has 7 nitrogen and oxygen atoms in total. The highest BCUT2D eigenvalue weighted by atomic mass is 16.5. The van der Waals surface area contributed by atoms with E-state index in [1.165, 1.54) is 0 Å². The highest BCUT2D eigenvalue weighted by molar-refractivity contribution is 6.06. The molecule has 3 aromatic rings. The Morgan fingerprint density at radius 2 is 2.04 bits per heavy atom. The molecule has 26 heavy (non-hydrogen) atoms. The molecule has 1 amide bonds. The molecule has 1 aliphatic rings. The molecule has 1 aromatic carbocycles. The van der Waals surface area contributed by atoms with E-state index in [0.29, 0.717) is 24.7 Å². The third kappa shape index (κ3) is 3.09. The van der Waals surface area contributed by atoms with E-state index in [0.717, 1.165) is 23.1 Å². The molecule has 0 bridgehead atoms. The van der Waals surface area contributed by atoms with Crippen LogP contribution in [0.1, 0.15) is 22.2 Å². The number of hydrogen-bond acceptors (Lipinski definition) is 6. The summed E-state index contributed by atoms with van der Waals surface area (Å²) < 4.78 is 5.94. The molecular weight excluding hydrogens is 330 g/mol. The third-order valence-electron chi connectivity index (χ3n) is 4.44. The van der Waals surface area contributed by atoms with Gasteiger partial charge in [0.25, 0.3) is 5.91 Å². The van der Waals surface area contributed by atoms with E-state index >= 15 is 0 Å². The van der Waals surface area contributed by atoms with Gasteiger partial charge in [0.1, 0.15) is 6.10 Å². The summed E-state index contributed by atoms with van der Waals surface area (Å²) in [6.07, 6.45) is 3.20. The maximum absolute atomic E-state index is 12.3. The van der Waals surface area contributed by atoms with Crippen LogP contribution in [0.25, 0.3) is 10.9 Å². The molecule has 132 valence electrons. The Hall–Kier alpha value is -3.06. The Bertz CT molecular complexity index is 932. The summed E-state index contributed by atoms with van der Waals surface area (Å²) >= 11 is 0. The molecule has 1 saturated heterocycles. The van der Waals surface area contributed by atoms with Gasteiger partial charge in [-0.1, -0.05) is 18.2 Å². The highest BCUT2D eigenvalue weighted by Crippen LogP contribution is 2.27. The fraction of sp³-hybridized carbons (Fsp3) is 0.263. The number of carbonyl (C=O) groups excluding carboxylic acids is 1. The number of para-hydroxylation sites is 1. The first-order valence-corrected chi connectivity index (χ1v) is 8.51. The minimum absolute atomic E-state index is 0.135. The summed E-state index contributed by atoms with van der Waals surface area (Å²) in [5.41, 5.74) is 2.12. The van der Waals surface area contributed by atoms with Crippen LogP contribution in [0.3, 0.4) is 0 Å². The van der Waals surface area contributed by atoms with Crippen LogP contribution in [0.4, 0.5) is 5.95 Å². The molecule has 0 saturated carbocycles. The number of hydrogen-bond donors (Lipinski definition) is 1. The van der Waals surface area contributed by atoms with Crippen molar-refractivity contribution in [3.8, 4) is 0 Å². The average molecular weight is 349 g/mol. The maximum Gasteiger partial charge on any atom is 0.251 e. The first-order valence-electron chi connectivity index (χ1n) is 8.51. The van der Waals surface area contributed by atoms with Crippen molar-refractivity contribution in [3.63, 3.8) is 0 Å². The number of ether oxygens (including phenoxy) is 1. The van der Waals surface area contributed by atoms with E-state index in [2.05, 4.69) is 20.2 Å². The van der Waals surface area contributed by atoms with Crippen LogP contribution < -0.4 is 10.2 Å². The molecule has 7 heteroatoms. The fourth-order valence-corrected chi connectivity index (χ4v) is 3.15. The number of nitrogens with one attached hydrogen (secondary N) is 1. The van der Waals surface area contributed by atoms with Crippen molar-refractivity contribution >= 4 is 22.8 Å². The van der Waals surface area contributed by atoms with Crippen LogP contribution in [-0.2, 0) is 4.74 Å². The van der Waals surface area contributed by atoms with Crippen LogP contribution in [0.2, 0.25) is 0 Å². The van der Waals surface area contributed by atoms with Crippen molar-refractivity contribution in [1.29, 1.82) is 0 Å². The molecule has 2 aromatic heterocycles. The van der Waals surface area contributed by atoms with Crippen molar-refractivity contribution in [1.82, 2.24) is 20.3 Å². The van der Waals surface area contributed by atoms with E-state index in [1.54, 1.807) is 25.5 Å². The molecule has 1 atom stereocenters. The molecule has 1 N–H and O–H groups in total. The Kier molecular flexibility index (Phi) is 4.45. The summed E-state index contributed by atoms with van der Waals surface area (Å²) in [6, 6.07) is 11.2. The number of pyridine rings is 1. The lowest BCUT2D eigenvalue weighted by Gasteiger charge is -2.32. The van der Waals surface area contributed by atoms with E-state index in [1.807, 2.05) is 30.3 Å². The second-order valence-corrected chi connectivity index (χ2v) is 6.05. The predicted molar refractivity (Wildman–Crippen MR) is 98.1 cm³/mol. The Morgan fingerprint density at radius 1 is 1.23 bits per heavy atom. The van der Waals surface area contributed by atoms with Gasteiger partial charge < -0.3 is 15.0 Å². The second-order valence-electron chi connectivity index (χ2n) is 6.05. The van der Waals surface area contributed by atoms with Crippen LogP contribution in [0.15, 0.2) is 48.8 Å². The Balaban J connectivity index is 1.70. The second kappa shape index (κ2) is 7.05. The van der Waals surface area contributed by atoms with Gasteiger partial charge in [0, 0.05) is 31.4 Å². The van der Waals surface area contributed by atoms with Gasteiger partial charge in [-0.3, -0.25) is 4.79 Å². The molecule has 0 spiro atoms. The van der Waals surface area contributed by atoms with Crippen molar-refractivity contribution in [2.24, 2.45) is 0 Å². The van der Waals surface area contributed by atoms with Gasteiger partial charge in [0.05, 0.1) is 29.9 Å². The van der Waals surface area contributed by atoms with Crippen LogP contribution in [0, 0.1) is 0 Å². The summed E-state index contributed by atoms with van der Waals surface area (Å²) in [4.78, 5) is 27.8. The minimum atomic E-state index is -0.249. The number of fused-ring (bicyclic) bond motifs is 1. The summed E-state index contributed by atoms with van der Waals surface area (Å²) in [5, 5.41) is 3.53. The van der Waals surface area contributed by atoms with Gasteiger partial charge in [0.2, 0.25) is 5.95 Å². The van der Waals surface area contributed by atoms with E-state index in [-0.39, 0.29) is 12.0 Å². The van der Waals surface area contributed by atoms with E-state index in [4.69, 9.17) is 9.72 Å². The molecule has 3 heterocycles. The molecule has 0 aliphatic carbocycles. The van der Waals surface area contributed by atoms with Gasteiger partial charge in [-0.15, -0.1) is 0 Å². The number of benzene rings is 1. The van der Waals surface area contributed by atoms with Crippen LogP contribution in [-0.4, -0.2) is 47.6 Å². The normalized spacial score (nSPS) is 17.3. The lowest BCUT2D eigenvalue weighted by atomic mass is 10.0. The monoisotopic (exact) mass is 349 g/mol. The van der Waals surface area contributed by atoms with Crippen LogP contribution in [0.5, 0.6) is 0 Å². The van der Waals surface area contributed by atoms with Gasteiger partial charge in [-0.25, -0.2) is 15.0 Å². The number of anilines is 1. The first kappa shape index (κ1) is 16.4. The van der Waals surface area contributed by atoms with E-state index in [9.17, 15) is 4.79 Å². The molecule has 1 fully saturated rings. The Labute approximate surface area is 151 Å². The fourth-order valence-electron chi connectivity index (χ4n) is 3.15. The summed E-state index contributed by atoms with van der Waals surface area (Å²) in [5.74, 6) is 0.539. The van der Waals surface area contributed by atoms with E-state index < -0.39 is 0 Å². The summed E-state index contributed by atoms with van der Waals surface area (Å²) in [7, 11) is 1.63. The standard InChI is InChI=1S/C19H19N5O2/c1-20-18(25)14-11-16(23-15-6-3-2-5-13(14)15)17-12-24(9-10-26-17)19-21-7-4-8-22-19/h2-8,11,17H,9-10,12H2,1H3,(H,20,25). The quantitative estimate of drug-likeness (QED) is 0.779. The SMILES string of the molecule is CNC(=O)c1cc(C2CN(c3ncccn3)CCO2)nc2ccccc12. The molecule has 1 aliphatic heterocycles. The average Bonchev–Trinajstić information content (AvgIpc) is 2.73. The van der Waals surface area contributed by atoms with Crippen molar-refractivity contribution in [2.45, 2.75) is 6.10 Å². The van der Waals surface area contributed by atoms with Gasteiger partial charge >= 0.3 is 0 Å². The lowest BCUT2D eigenvalue weighted by Crippen LogP contribution is -2.39. The van der Waals surface area contributed by atoms with Crippen LogP contribution >= 0.6 is 0 Å². The number of rotatable bonds is 3. The van der Waals surface area contributed by atoms with Gasteiger partial charge in [0.15, 0.2) is 0 Å². The number of morpholine rings is 1. The van der Waals surface area contributed by atoms with Crippen molar-refractivity contribution < 1.29 is 9.53 Å². The number of aromatic nitrogens is 3. The minimum Gasteiger partial charge on any atom is -0.368 e. The zero-order chi connectivity index (χ0) is 17.9. The maximum atomic E-state index is 12.3. The zero-order valence-corrected chi connectivity index (χ0v) is 14.4. The molecule has 1 unspecified atom stereocenters. The van der Waals surface area contributed by atoms with Gasteiger partial charge in [-0.2, -0.15) is 0 Å². The predicted octanol–water partition coefficient (Wildman–Crippen LogP) is 1.96. The third-order valence-corrected chi connectivity index (χ3v) is 4.44. The molecular formula is C19H19N5O2. The van der Waals surface area contributed by atoms with Crippen molar-refractivity contribution in [3.05, 3.63) is 60.0 Å². The first-order chi connectivity index (χ1) is 12.8. The van der Waals surface area contributed by atoms with Gasteiger partial charge in [-0.05, 0) is 18.2 Å². The molecule has 4 rings (SSSR count). The van der Waals surface area contributed by atoms with Crippen molar-refractivity contribution in [2.75, 3.05) is 31.6 Å². The number of carbonyl (C=O) groups is 1. The highest BCUT2D eigenvalue weighted by Gasteiger charge is 2.26. The Morgan fingerprint density at radius 3 is 2.85 bits per heavy atom. The molecule has 0 radical (unpaired) electrons. The number of nitrogens with zero attached hydrogens (tertiary/aromatic N) is 4. The summed E-state index contributed by atoms with van der Waals surface area (Å²) in [6.45, 7) is 1.85.